The molecule has 0 amide bonds. The fraction of sp³-hybridized carbons (Fsp3) is 0.542. The minimum atomic E-state index is -5.08. The summed E-state index contributed by atoms with van der Waals surface area (Å²) in [5.41, 5.74) is 2.65. The van der Waals surface area contributed by atoms with E-state index in [1.807, 2.05) is 12.4 Å². The lowest BCUT2D eigenvalue weighted by atomic mass is 10.0. The standard InChI is InChI=1S/C18H21N3OS.3C2HF3O2/c1-2-13(1)15-11-23-18(20-15)16-7-14-9-21(10-17(14)22-16)8-12-3-5-19-6-4-12;3*3-2(4,5)1(6)7/h3-6,11,13-14,16-17H,1-2,7-10H2;3*(H,6,7)/t14-,16-,17+;;;/m0.../s1. The highest BCUT2D eigenvalue weighted by Gasteiger charge is 2.44. The zero-order valence-electron chi connectivity index (χ0n) is 22.1. The Morgan fingerprint density at radius 2 is 1.34 bits per heavy atom. The molecule has 3 N–H and O–H groups in total. The third kappa shape index (κ3) is 12.2. The Balaban J connectivity index is 0.000000266. The molecule has 10 nitrogen and oxygen atoms in total. The lowest BCUT2D eigenvalue weighted by Crippen LogP contribution is -2.23. The van der Waals surface area contributed by atoms with Gasteiger partial charge in [0.2, 0.25) is 0 Å². The molecule has 3 aliphatic rings. The molecular weight excluding hydrogens is 645 g/mol. The van der Waals surface area contributed by atoms with Gasteiger partial charge in [-0.15, -0.1) is 11.3 Å². The van der Waals surface area contributed by atoms with Crippen LogP contribution in [0, 0.1) is 5.92 Å². The van der Waals surface area contributed by atoms with Crippen LogP contribution in [0.3, 0.4) is 0 Å². The first-order valence-corrected chi connectivity index (χ1v) is 13.2. The van der Waals surface area contributed by atoms with Crippen molar-refractivity contribution >= 4 is 29.2 Å². The van der Waals surface area contributed by atoms with E-state index in [0.29, 0.717) is 12.0 Å². The number of fused-ring (bicyclic) bond motifs is 1. The Bertz CT molecular complexity index is 1180. The van der Waals surface area contributed by atoms with E-state index in [2.05, 4.69) is 27.4 Å². The van der Waals surface area contributed by atoms with Crippen molar-refractivity contribution in [1.82, 2.24) is 14.9 Å². The highest BCUT2D eigenvalue weighted by atomic mass is 32.1. The normalized spacial score (nSPS) is 21.4. The third-order valence-electron chi connectivity index (χ3n) is 6.01. The number of hydrogen-bond acceptors (Lipinski definition) is 8. The van der Waals surface area contributed by atoms with Crippen molar-refractivity contribution in [3.8, 4) is 0 Å². The number of aromatic nitrogens is 2. The first-order valence-electron chi connectivity index (χ1n) is 12.3. The summed E-state index contributed by atoms with van der Waals surface area (Å²) in [7, 11) is 0. The van der Waals surface area contributed by atoms with Gasteiger partial charge in [0.05, 0.1) is 11.8 Å². The number of nitrogens with zero attached hydrogens (tertiary/aromatic N) is 3. The van der Waals surface area contributed by atoms with Crippen molar-refractivity contribution in [1.29, 1.82) is 0 Å². The zero-order valence-corrected chi connectivity index (χ0v) is 22.9. The van der Waals surface area contributed by atoms with Crippen molar-refractivity contribution in [2.45, 2.75) is 62.5 Å². The van der Waals surface area contributed by atoms with E-state index in [4.69, 9.17) is 39.4 Å². The lowest BCUT2D eigenvalue weighted by molar-refractivity contribution is -0.193. The van der Waals surface area contributed by atoms with E-state index in [1.54, 1.807) is 11.3 Å². The number of thiazole rings is 1. The van der Waals surface area contributed by atoms with Gasteiger partial charge in [-0.05, 0) is 37.0 Å². The molecule has 0 unspecified atom stereocenters. The summed E-state index contributed by atoms with van der Waals surface area (Å²) < 4.78 is 102. The van der Waals surface area contributed by atoms with Gasteiger partial charge in [0.25, 0.3) is 0 Å². The van der Waals surface area contributed by atoms with E-state index in [9.17, 15) is 39.5 Å². The number of carboxylic acids is 3. The van der Waals surface area contributed by atoms with Gasteiger partial charge >= 0.3 is 36.4 Å². The highest BCUT2D eigenvalue weighted by molar-refractivity contribution is 7.09. The molecule has 5 rings (SSSR count). The molecule has 0 aromatic carbocycles. The molecule has 0 bridgehead atoms. The molecule has 2 aliphatic heterocycles. The van der Waals surface area contributed by atoms with Gasteiger partial charge in [0.15, 0.2) is 0 Å². The number of ether oxygens (including phenoxy) is 1. The van der Waals surface area contributed by atoms with Crippen LogP contribution in [0.1, 0.15) is 47.5 Å². The number of carboxylic acid groups (broad SMARTS) is 3. The molecule has 20 heteroatoms. The van der Waals surface area contributed by atoms with Gasteiger partial charge in [-0.3, -0.25) is 9.88 Å². The first kappa shape index (κ1) is 36.7. The maximum atomic E-state index is 10.6. The highest BCUT2D eigenvalue weighted by Crippen LogP contribution is 2.45. The number of likely N-dealkylation sites (tertiary alicyclic amines) is 1. The van der Waals surface area contributed by atoms with Crippen molar-refractivity contribution in [2.24, 2.45) is 5.92 Å². The van der Waals surface area contributed by atoms with Crippen LogP contribution < -0.4 is 0 Å². The molecule has 2 saturated heterocycles. The van der Waals surface area contributed by atoms with Crippen LogP contribution >= 0.6 is 11.3 Å². The maximum Gasteiger partial charge on any atom is 0.490 e. The Labute approximate surface area is 246 Å². The van der Waals surface area contributed by atoms with Crippen LogP contribution in [0.25, 0.3) is 0 Å². The summed E-state index contributed by atoms with van der Waals surface area (Å²) in [5.74, 6) is -6.86. The third-order valence-corrected chi connectivity index (χ3v) is 6.96. The summed E-state index contributed by atoms with van der Waals surface area (Å²) in [6, 6.07) is 4.21. The monoisotopic (exact) mass is 669 g/mol. The Morgan fingerprint density at radius 3 is 1.75 bits per heavy atom. The number of rotatable bonds is 4. The summed E-state index contributed by atoms with van der Waals surface area (Å²) in [6.45, 7) is 3.20. The zero-order chi connectivity index (χ0) is 33.5. The second kappa shape index (κ2) is 15.0. The lowest BCUT2D eigenvalue weighted by Gasteiger charge is -2.18. The molecule has 4 heterocycles. The van der Waals surface area contributed by atoms with Crippen LogP contribution in [0.2, 0.25) is 0 Å². The van der Waals surface area contributed by atoms with Gasteiger partial charge < -0.3 is 20.1 Å². The smallest absolute Gasteiger partial charge is 0.475 e. The van der Waals surface area contributed by atoms with Crippen LogP contribution in [-0.4, -0.2) is 85.8 Å². The molecular formula is C24H24F9N3O7S. The molecule has 2 aromatic rings. The Kier molecular flexibility index (Phi) is 12.5. The number of aliphatic carboxylic acids is 3. The van der Waals surface area contributed by atoms with Crippen molar-refractivity contribution in [3.05, 3.63) is 46.2 Å². The molecule has 3 atom stereocenters. The molecule has 44 heavy (non-hydrogen) atoms. The molecule has 1 aliphatic carbocycles. The maximum absolute atomic E-state index is 10.6. The number of pyridine rings is 1. The van der Waals surface area contributed by atoms with Crippen molar-refractivity contribution in [3.63, 3.8) is 0 Å². The van der Waals surface area contributed by atoms with Crippen LogP contribution in [0.15, 0.2) is 29.9 Å². The van der Waals surface area contributed by atoms with E-state index < -0.39 is 36.4 Å². The van der Waals surface area contributed by atoms with E-state index >= 15 is 0 Å². The topological polar surface area (TPSA) is 150 Å². The van der Waals surface area contributed by atoms with E-state index in [-0.39, 0.29) is 6.10 Å². The molecule has 2 aromatic heterocycles. The predicted molar refractivity (Wildman–Crippen MR) is 130 cm³/mol. The van der Waals surface area contributed by atoms with Gasteiger partial charge in [-0.2, -0.15) is 39.5 Å². The number of carbonyl (C=O) groups is 3. The minimum absolute atomic E-state index is 0.241. The van der Waals surface area contributed by atoms with Crippen LogP contribution in [0.4, 0.5) is 39.5 Å². The number of alkyl halides is 9. The molecule has 246 valence electrons. The SMILES string of the molecule is O=C(O)C(F)(F)F.O=C(O)C(F)(F)F.O=C(O)C(F)(F)F.c1cc(CN2C[C@@H]3C[C@@H](c4nc(C5CC5)cs4)O[C@@H]3C2)ccn1. The fourth-order valence-electron chi connectivity index (χ4n) is 3.90. The minimum Gasteiger partial charge on any atom is -0.475 e. The first-order chi connectivity index (χ1) is 20.2. The second-order valence-corrected chi connectivity index (χ2v) is 10.4. The van der Waals surface area contributed by atoms with Crippen LogP contribution in [0.5, 0.6) is 0 Å². The second-order valence-electron chi connectivity index (χ2n) is 9.50. The molecule has 1 saturated carbocycles. The van der Waals surface area contributed by atoms with Gasteiger partial charge in [-0.1, -0.05) is 0 Å². The molecule has 3 fully saturated rings. The Morgan fingerprint density at radius 1 is 0.864 bits per heavy atom. The largest absolute Gasteiger partial charge is 0.490 e. The van der Waals surface area contributed by atoms with E-state index in [1.165, 1.54) is 29.1 Å². The number of halogens is 9. The van der Waals surface area contributed by atoms with E-state index in [0.717, 1.165) is 32.0 Å². The van der Waals surface area contributed by atoms with Crippen molar-refractivity contribution in [2.75, 3.05) is 13.1 Å². The molecule has 0 spiro atoms. The van der Waals surface area contributed by atoms with Gasteiger partial charge in [-0.25, -0.2) is 19.4 Å². The number of hydrogen-bond donors (Lipinski definition) is 3. The molecule has 0 radical (unpaired) electrons. The Hall–Kier alpha value is -3.52. The summed E-state index contributed by atoms with van der Waals surface area (Å²) in [4.78, 5) is 38.1. The van der Waals surface area contributed by atoms with Crippen LogP contribution in [-0.2, 0) is 25.7 Å². The van der Waals surface area contributed by atoms with Gasteiger partial charge in [0.1, 0.15) is 11.1 Å². The summed E-state index contributed by atoms with van der Waals surface area (Å²) >= 11 is 1.80. The quantitative estimate of drug-likeness (QED) is 0.367. The summed E-state index contributed by atoms with van der Waals surface area (Å²) in [5, 5.41) is 24.8. The summed E-state index contributed by atoms with van der Waals surface area (Å²) in [6.07, 6.45) is -7.10. The van der Waals surface area contributed by atoms with Crippen molar-refractivity contribution < 1.29 is 74.0 Å². The average molecular weight is 670 g/mol. The predicted octanol–water partition coefficient (Wildman–Crippen LogP) is 5.28. The average Bonchev–Trinajstić information content (AvgIpc) is 3.31. The fourth-order valence-corrected chi connectivity index (χ4v) is 4.85. The van der Waals surface area contributed by atoms with Gasteiger partial charge in [0, 0.05) is 49.2 Å².